The lowest BCUT2D eigenvalue weighted by Gasteiger charge is -2.16. The molecule has 122 valence electrons. The molecular weight excluding hydrogens is 292 g/mol. The third kappa shape index (κ3) is 3.28. The van der Waals surface area contributed by atoms with Crippen LogP contribution in [0.1, 0.15) is 46.0 Å². The lowest BCUT2D eigenvalue weighted by molar-refractivity contribution is 0.0970. The molecule has 0 bridgehead atoms. The minimum atomic E-state index is -0.456. The fourth-order valence-corrected chi connectivity index (χ4v) is 2.80. The van der Waals surface area contributed by atoms with Gasteiger partial charge in [-0.1, -0.05) is 12.1 Å². The van der Waals surface area contributed by atoms with Crippen LogP contribution in [0.5, 0.6) is 5.75 Å². The Morgan fingerprint density at radius 2 is 1.87 bits per heavy atom. The number of ether oxygens (including phenoxy) is 1. The second kappa shape index (κ2) is 6.69. The number of anilines is 1. The number of nitrogens with one attached hydrogen (secondary N) is 2. The Hall–Kier alpha value is -2.56. The van der Waals surface area contributed by atoms with Gasteiger partial charge in [0, 0.05) is 11.3 Å². The van der Waals surface area contributed by atoms with Crippen LogP contribution in [0.4, 0.5) is 5.69 Å². The van der Waals surface area contributed by atoms with Gasteiger partial charge in [0.15, 0.2) is 5.78 Å². The van der Waals surface area contributed by atoms with Crippen molar-refractivity contribution in [3.05, 3.63) is 46.8 Å². The number of rotatable bonds is 6. The number of aromatic nitrogens is 1. The fraction of sp³-hybridized carbons (Fsp3) is 0.333. The molecule has 2 rings (SSSR count). The summed E-state index contributed by atoms with van der Waals surface area (Å²) in [5.74, 6) is 0.542. The molecule has 0 aliphatic rings. The Balaban J connectivity index is 2.27. The van der Waals surface area contributed by atoms with E-state index in [2.05, 4.69) is 10.3 Å². The van der Waals surface area contributed by atoms with Crippen molar-refractivity contribution in [1.29, 1.82) is 0 Å². The van der Waals surface area contributed by atoms with Gasteiger partial charge in [0.1, 0.15) is 5.75 Å². The van der Waals surface area contributed by atoms with E-state index in [0.717, 1.165) is 11.4 Å². The van der Waals surface area contributed by atoms with Crippen LogP contribution < -0.4 is 10.1 Å². The van der Waals surface area contributed by atoms with Crippen LogP contribution in [0.15, 0.2) is 24.3 Å². The Kier molecular flexibility index (Phi) is 4.89. The molecule has 5 heteroatoms. The summed E-state index contributed by atoms with van der Waals surface area (Å²) in [5, 5.41) is 3.17. The molecular formula is C18H22N2O3. The zero-order valence-electron chi connectivity index (χ0n) is 14.1. The molecule has 0 spiro atoms. The van der Waals surface area contributed by atoms with E-state index in [0.29, 0.717) is 22.6 Å². The van der Waals surface area contributed by atoms with Crippen LogP contribution in [0.3, 0.4) is 0 Å². The maximum atomic E-state index is 12.7. The molecule has 23 heavy (non-hydrogen) atoms. The fourth-order valence-electron chi connectivity index (χ4n) is 2.80. The number of Topliss-reactive ketones (excluding diaryl/α,β-unsaturated/α-hetero) is 2. The van der Waals surface area contributed by atoms with Gasteiger partial charge in [-0.25, -0.2) is 0 Å². The third-order valence-electron chi connectivity index (χ3n) is 3.91. The number of methoxy groups -OCH3 is 1. The van der Waals surface area contributed by atoms with E-state index < -0.39 is 6.04 Å². The number of ketones is 2. The smallest absolute Gasteiger partial charge is 0.201 e. The van der Waals surface area contributed by atoms with Gasteiger partial charge in [0.25, 0.3) is 0 Å². The van der Waals surface area contributed by atoms with Crippen LogP contribution in [-0.2, 0) is 0 Å². The second-order valence-corrected chi connectivity index (χ2v) is 5.61. The van der Waals surface area contributed by atoms with Crippen molar-refractivity contribution < 1.29 is 14.3 Å². The average molecular weight is 314 g/mol. The molecule has 5 nitrogen and oxygen atoms in total. The molecule has 0 unspecified atom stereocenters. The highest BCUT2D eigenvalue weighted by atomic mass is 16.5. The first-order valence-electron chi connectivity index (χ1n) is 7.50. The van der Waals surface area contributed by atoms with E-state index in [1.165, 1.54) is 6.92 Å². The zero-order valence-corrected chi connectivity index (χ0v) is 14.1. The molecule has 0 fully saturated rings. The molecule has 2 aromatic rings. The van der Waals surface area contributed by atoms with Crippen LogP contribution in [0, 0.1) is 13.8 Å². The number of carbonyl (C=O) groups is 2. The second-order valence-electron chi connectivity index (χ2n) is 5.61. The Morgan fingerprint density at radius 3 is 2.43 bits per heavy atom. The van der Waals surface area contributed by atoms with Gasteiger partial charge >= 0.3 is 0 Å². The number of H-pyrrole nitrogens is 1. The normalized spacial score (nSPS) is 11.9. The highest BCUT2D eigenvalue weighted by Crippen LogP contribution is 2.25. The van der Waals surface area contributed by atoms with E-state index in [1.807, 2.05) is 24.3 Å². The van der Waals surface area contributed by atoms with Crippen LogP contribution in [-0.4, -0.2) is 29.7 Å². The Bertz CT molecular complexity index is 747. The molecule has 0 saturated carbocycles. The molecule has 0 radical (unpaired) electrons. The van der Waals surface area contributed by atoms with Gasteiger partial charge in [0.2, 0.25) is 5.78 Å². The number of carbonyl (C=O) groups excluding carboxylic acids is 2. The largest absolute Gasteiger partial charge is 0.495 e. The van der Waals surface area contributed by atoms with Gasteiger partial charge in [-0.15, -0.1) is 0 Å². The van der Waals surface area contributed by atoms with E-state index in [9.17, 15) is 9.59 Å². The topological polar surface area (TPSA) is 71.2 Å². The maximum absolute atomic E-state index is 12.7. The number of aryl methyl sites for hydroxylation is 1. The molecule has 0 saturated heterocycles. The standard InChI is InChI=1S/C18H22N2O3/c1-10-16(13(4)21)11(2)20-17(10)18(22)12(3)19-14-8-6-7-9-15(14)23-5/h6-9,12,19-20H,1-5H3/t12-/m1/s1. The van der Waals surface area contributed by atoms with Crippen LogP contribution >= 0.6 is 0 Å². The first-order valence-corrected chi connectivity index (χ1v) is 7.50. The summed E-state index contributed by atoms with van der Waals surface area (Å²) in [7, 11) is 1.59. The molecule has 2 N–H and O–H groups in total. The highest BCUT2D eigenvalue weighted by Gasteiger charge is 2.24. The van der Waals surface area contributed by atoms with Gasteiger partial charge in [-0.2, -0.15) is 0 Å². The quantitative estimate of drug-likeness (QED) is 0.800. The molecule has 1 heterocycles. The van der Waals surface area contributed by atoms with Crippen molar-refractivity contribution in [3.8, 4) is 5.75 Å². The van der Waals surface area contributed by atoms with Gasteiger partial charge in [0.05, 0.1) is 24.5 Å². The number of hydrogen-bond donors (Lipinski definition) is 2. The SMILES string of the molecule is COc1ccccc1N[C@H](C)C(=O)c1[nH]c(C)c(C(C)=O)c1C. The van der Waals surface area contributed by atoms with Crippen molar-refractivity contribution in [1.82, 2.24) is 4.98 Å². The minimum absolute atomic E-state index is 0.0411. The summed E-state index contributed by atoms with van der Waals surface area (Å²) in [6.07, 6.45) is 0. The van der Waals surface area contributed by atoms with Crippen molar-refractivity contribution in [2.24, 2.45) is 0 Å². The lowest BCUT2D eigenvalue weighted by Crippen LogP contribution is -2.27. The van der Waals surface area contributed by atoms with E-state index in [1.54, 1.807) is 27.9 Å². The van der Waals surface area contributed by atoms with Crippen molar-refractivity contribution in [2.45, 2.75) is 33.7 Å². The maximum Gasteiger partial charge on any atom is 0.201 e. The zero-order chi connectivity index (χ0) is 17.1. The number of para-hydroxylation sites is 2. The summed E-state index contributed by atoms with van der Waals surface area (Å²) in [6.45, 7) is 6.90. The molecule has 1 aromatic heterocycles. The summed E-state index contributed by atoms with van der Waals surface area (Å²) in [4.78, 5) is 27.5. The average Bonchev–Trinajstić information content (AvgIpc) is 2.81. The Morgan fingerprint density at radius 1 is 1.22 bits per heavy atom. The van der Waals surface area contributed by atoms with Crippen LogP contribution in [0.25, 0.3) is 0 Å². The first-order chi connectivity index (χ1) is 10.9. The Labute approximate surface area is 136 Å². The monoisotopic (exact) mass is 314 g/mol. The van der Waals surface area contributed by atoms with Gasteiger partial charge < -0.3 is 15.0 Å². The summed E-state index contributed by atoms with van der Waals surface area (Å²) in [6, 6.07) is 6.98. The minimum Gasteiger partial charge on any atom is -0.495 e. The summed E-state index contributed by atoms with van der Waals surface area (Å²) >= 11 is 0. The summed E-state index contributed by atoms with van der Waals surface area (Å²) in [5.41, 5.74) is 3.25. The number of aromatic amines is 1. The van der Waals surface area contributed by atoms with Crippen LogP contribution in [0.2, 0.25) is 0 Å². The van der Waals surface area contributed by atoms with Crippen molar-refractivity contribution in [3.63, 3.8) is 0 Å². The van der Waals surface area contributed by atoms with E-state index in [4.69, 9.17) is 4.74 Å². The number of benzene rings is 1. The molecule has 1 atom stereocenters. The highest BCUT2D eigenvalue weighted by molar-refractivity contribution is 6.05. The van der Waals surface area contributed by atoms with E-state index >= 15 is 0 Å². The molecule has 0 aliphatic carbocycles. The van der Waals surface area contributed by atoms with Gasteiger partial charge in [-0.05, 0) is 45.4 Å². The lowest BCUT2D eigenvalue weighted by atomic mass is 10.0. The van der Waals surface area contributed by atoms with E-state index in [-0.39, 0.29) is 11.6 Å². The molecule has 0 amide bonds. The number of hydrogen-bond acceptors (Lipinski definition) is 4. The predicted molar refractivity (Wildman–Crippen MR) is 90.7 cm³/mol. The van der Waals surface area contributed by atoms with Crippen molar-refractivity contribution in [2.75, 3.05) is 12.4 Å². The predicted octanol–water partition coefficient (Wildman–Crippen LogP) is 3.53. The van der Waals surface area contributed by atoms with Crippen molar-refractivity contribution >= 4 is 17.3 Å². The first kappa shape index (κ1) is 16.8. The molecule has 0 aliphatic heterocycles. The van der Waals surface area contributed by atoms with Gasteiger partial charge in [-0.3, -0.25) is 9.59 Å². The summed E-state index contributed by atoms with van der Waals surface area (Å²) < 4.78 is 5.28. The third-order valence-corrected chi connectivity index (χ3v) is 3.91. The molecule has 1 aromatic carbocycles.